The van der Waals surface area contributed by atoms with Gasteiger partial charge in [0.25, 0.3) is 5.56 Å². The number of ether oxygens (including phenoxy) is 4. The lowest BCUT2D eigenvalue weighted by molar-refractivity contribution is -0.174. The first-order valence-electron chi connectivity index (χ1n) is 8.42. The molecule has 1 aromatic rings. The number of rotatable bonds is 5. The van der Waals surface area contributed by atoms with Crippen molar-refractivity contribution in [3.05, 3.63) is 32.6 Å². The molecular weight excluding hydrogens is 376 g/mol. The number of hydrogen-bond acceptors (Lipinski definition) is 9. The summed E-state index contributed by atoms with van der Waals surface area (Å²) in [5, 5.41) is 0. The van der Waals surface area contributed by atoms with Crippen LogP contribution in [0.15, 0.2) is 15.8 Å². The van der Waals surface area contributed by atoms with E-state index in [4.69, 9.17) is 18.9 Å². The number of H-pyrrole nitrogens is 1. The molecule has 4 atom stereocenters. The van der Waals surface area contributed by atoms with Gasteiger partial charge in [-0.3, -0.25) is 28.7 Å². The van der Waals surface area contributed by atoms with Crippen molar-refractivity contribution in [2.75, 3.05) is 6.61 Å². The molecule has 2 heterocycles. The Morgan fingerprint density at radius 3 is 2.29 bits per heavy atom. The highest BCUT2D eigenvalue weighted by Gasteiger charge is 2.58. The minimum absolute atomic E-state index is 0.211. The second-order valence-electron chi connectivity index (χ2n) is 6.68. The molecule has 1 saturated heterocycles. The predicted octanol–water partition coefficient (Wildman–Crippen LogP) is -0.441. The fraction of sp³-hybridized carbons (Fsp3) is 0.588. The van der Waals surface area contributed by atoms with Crippen LogP contribution in [-0.2, 0) is 33.3 Å². The van der Waals surface area contributed by atoms with Crippen LogP contribution in [0.3, 0.4) is 0 Å². The van der Waals surface area contributed by atoms with Crippen LogP contribution >= 0.6 is 0 Å². The maximum Gasteiger partial charge on any atom is 0.330 e. The zero-order valence-corrected chi connectivity index (χ0v) is 16.1. The van der Waals surface area contributed by atoms with E-state index >= 15 is 0 Å². The molecular formula is C17H22N2O9. The summed E-state index contributed by atoms with van der Waals surface area (Å²) in [6.07, 6.45) is -2.41. The van der Waals surface area contributed by atoms with Crippen molar-refractivity contribution in [1.82, 2.24) is 9.55 Å². The van der Waals surface area contributed by atoms with Crippen molar-refractivity contribution in [2.24, 2.45) is 0 Å². The van der Waals surface area contributed by atoms with Crippen LogP contribution < -0.4 is 11.2 Å². The average Bonchev–Trinajstić information content (AvgIpc) is 2.82. The predicted molar refractivity (Wildman–Crippen MR) is 92.3 cm³/mol. The summed E-state index contributed by atoms with van der Waals surface area (Å²) in [6.45, 7) is 6.13. The van der Waals surface area contributed by atoms with Crippen molar-refractivity contribution < 1.29 is 33.3 Å². The number of hydrogen-bond donors (Lipinski definition) is 1. The molecule has 11 heteroatoms. The molecule has 1 aliphatic rings. The number of nitrogens with one attached hydrogen (secondary N) is 1. The lowest BCUT2D eigenvalue weighted by Crippen LogP contribution is -2.48. The largest absolute Gasteiger partial charge is 0.463 e. The molecule has 0 spiro atoms. The average molecular weight is 398 g/mol. The molecule has 0 aliphatic carbocycles. The van der Waals surface area contributed by atoms with Gasteiger partial charge in [-0.2, -0.15) is 0 Å². The summed E-state index contributed by atoms with van der Waals surface area (Å²) in [5.41, 5.74) is -2.60. The second kappa shape index (κ2) is 7.97. The Morgan fingerprint density at radius 1 is 1.14 bits per heavy atom. The maximum absolute atomic E-state index is 12.3. The number of aromatic amines is 1. The maximum atomic E-state index is 12.3. The molecule has 1 N–H and O–H groups in total. The van der Waals surface area contributed by atoms with Crippen molar-refractivity contribution in [2.45, 2.75) is 58.7 Å². The van der Waals surface area contributed by atoms with Gasteiger partial charge in [0.2, 0.25) is 0 Å². The SMILES string of the molecule is CC(=O)OC[C@@]1(C)O[C@@H](n2cc(C)c(=O)[nH]c2=O)[C@H](OC(C)=O)[C@@H]1OC(C)=O. The van der Waals surface area contributed by atoms with Crippen LogP contribution in [0.1, 0.15) is 39.5 Å². The summed E-state index contributed by atoms with van der Waals surface area (Å²) in [6, 6.07) is 0. The van der Waals surface area contributed by atoms with Crippen molar-refractivity contribution in [3.8, 4) is 0 Å². The molecule has 0 aromatic carbocycles. The molecule has 0 saturated carbocycles. The van der Waals surface area contributed by atoms with Gasteiger partial charge >= 0.3 is 23.6 Å². The van der Waals surface area contributed by atoms with E-state index in [1.54, 1.807) is 0 Å². The Hall–Kier alpha value is -2.95. The Labute approximate surface area is 159 Å². The van der Waals surface area contributed by atoms with Crippen LogP contribution in [0.25, 0.3) is 0 Å². The summed E-state index contributed by atoms with van der Waals surface area (Å²) >= 11 is 0. The zero-order valence-electron chi connectivity index (χ0n) is 16.1. The molecule has 1 aliphatic heterocycles. The Balaban J connectivity index is 2.56. The number of carbonyl (C=O) groups excluding carboxylic acids is 3. The first kappa shape index (κ1) is 21.4. The zero-order chi connectivity index (χ0) is 21.2. The van der Waals surface area contributed by atoms with Gasteiger partial charge in [-0.05, 0) is 13.8 Å². The van der Waals surface area contributed by atoms with E-state index in [2.05, 4.69) is 4.98 Å². The van der Waals surface area contributed by atoms with Crippen LogP contribution in [0.4, 0.5) is 0 Å². The molecule has 0 bridgehead atoms. The molecule has 11 nitrogen and oxygen atoms in total. The van der Waals surface area contributed by atoms with E-state index in [1.807, 2.05) is 0 Å². The van der Waals surface area contributed by atoms with E-state index in [9.17, 15) is 24.0 Å². The number of aryl methyl sites for hydroxylation is 1. The highest BCUT2D eigenvalue weighted by molar-refractivity contribution is 5.68. The highest BCUT2D eigenvalue weighted by atomic mass is 16.7. The normalized spacial score (nSPS) is 26.5. The number of nitrogens with zero attached hydrogens (tertiary/aromatic N) is 1. The van der Waals surface area contributed by atoms with E-state index in [0.29, 0.717) is 0 Å². The van der Waals surface area contributed by atoms with Gasteiger partial charge in [0.15, 0.2) is 18.4 Å². The topological polar surface area (TPSA) is 143 Å². The summed E-state index contributed by atoms with van der Waals surface area (Å²) in [7, 11) is 0. The van der Waals surface area contributed by atoms with E-state index in [0.717, 1.165) is 18.4 Å². The molecule has 0 unspecified atom stereocenters. The van der Waals surface area contributed by atoms with Crippen LogP contribution in [0.2, 0.25) is 0 Å². The third kappa shape index (κ3) is 4.47. The minimum Gasteiger partial charge on any atom is -0.463 e. The van der Waals surface area contributed by atoms with Gasteiger partial charge in [-0.1, -0.05) is 0 Å². The smallest absolute Gasteiger partial charge is 0.330 e. The molecule has 0 amide bonds. The lowest BCUT2D eigenvalue weighted by Gasteiger charge is -2.29. The van der Waals surface area contributed by atoms with Crippen molar-refractivity contribution in [1.29, 1.82) is 0 Å². The standard InChI is InChI=1S/C17H22N2O9/c1-8-6-19(16(24)18-14(8)23)15-12(26-10(3)21)13(27-11(4)22)17(5,28-15)7-25-9(2)20/h6,12-13,15H,7H2,1-5H3,(H,18,23,24)/t12-,13+,15-,17-/m1/s1. The first-order valence-corrected chi connectivity index (χ1v) is 8.42. The quantitative estimate of drug-likeness (QED) is 0.515. The molecule has 28 heavy (non-hydrogen) atoms. The number of esters is 3. The Kier molecular flexibility index (Phi) is 6.07. The fourth-order valence-corrected chi connectivity index (χ4v) is 2.94. The monoisotopic (exact) mass is 398 g/mol. The van der Waals surface area contributed by atoms with E-state index in [1.165, 1.54) is 27.0 Å². The molecule has 154 valence electrons. The first-order chi connectivity index (χ1) is 12.9. The second-order valence-corrected chi connectivity index (χ2v) is 6.68. The number of carbonyl (C=O) groups is 3. The van der Waals surface area contributed by atoms with Crippen molar-refractivity contribution in [3.63, 3.8) is 0 Å². The summed E-state index contributed by atoms with van der Waals surface area (Å²) in [5.74, 6) is -2.00. The third-order valence-electron chi connectivity index (χ3n) is 4.15. The van der Waals surface area contributed by atoms with Gasteiger partial charge in [0, 0.05) is 32.5 Å². The molecule has 1 aromatic heterocycles. The van der Waals surface area contributed by atoms with E-state index < -0.39 is 53.2 Å². The molecule has 2 rings (SSSR count). The third-order valence-corrected chi connectivity index (χ3v) is 4.15. The molecule has 0 radical (unpaired) electrons. The minimum atomic E-state index is -1.42. The van der Waals surface area contributed by atoms with Crippen LogP contribution in [0.5, 0.6) is 0 Å². The Bertz CT molecular complexity index is 903. The van der Waals surface area contributed by atoms with Gasteiger partial charge in [-0.15, -0.1) is 0 Å². The summed E-state index contributed by atoms with van der Waals surface area (Å²) in [4.78, 5) is 60.6. The van der Waals surface area contributed by atoms with Crippen LogP contribution in [-0.4, -0.2) is 51.9 Å². The highest BCUT2D eigenvalue weighted by Crippen LogP contribution is 2.40. The molecule has 1 fully saturated rings. The van der Waals surface area contributed by atoms with Gasteiger partial charge in [0.1, 0.15) is 12.2 Å². The van der Waals surface area contributed by atoms with E-state index in [-0.39, 0.29) is 12.2 Å². The van der Waals surface area contributed by atoms with Gasteiger partial charge < -0.3 is 18.9 Å². The summed E-state index contributed by atoms with van der Waals surface area (Å²) < 4.78 is 22.5. The lowest BCUT2D eigenvalue weighted by atomic mass is 9.97. The number of aromatic nitrogens is 2. The fourth-order valence-electron chi connectivity index (χ4n) is 2.94. The Morgan fingerprint density at radius 2 is 1.75 bits per heavy atom. The van der Waals surface area contributed by atoms with Gasteiger partial charge in [-0.25, -0.2) is 4.79 Å². The van der Waals surface area contributed by atoms with Crippen molar-refractivity contribution >= 4 is 17.9 Å². The van der Waals surface area contributed by atoms with Gasteiger partial charge in [0.05, 0.1) is 0 Å². The van der Waals surface area contributed by atoms with Crippen LogP contribution in [0, 0.1) is 6.92 Å².